The maximum Gasteiger partial charge on any atom is 0.283 e. The normalized spacial score (nSPS) is 11.6. The summed E-state index contributed by atoms with van der Waals surface area (Å²) in [5, 5.41) is 24.9. The van der Waals surface area contributed by atoms with Crippen LogP contribution in [0.1, 0.15) is 20.3 Å². The van der Waals surface area contributed by atoms with E-state index in [9.17, 15) is 4.79 Å². The van der Waals surface area contributed by atoms with Crippen molar-refractivity contribution in [1.82, 2.24) is 9.78 Å². The van der Waals surface area contributed by atoms with E-state index < -0.39 is 0 Å². The number of hydrogen-bond donors (Lipinski definition) is 3. The van der Waals surface area contributed by atoms with Crippen molar-refractivity contribution in [3.63, 3.8) is 0 Å². The van der Waals surface area contributed by atoms with Crippen LogP contribution >= 0.6 is 15.9 Å². The van der Waals surface area contributed by atoms with Crippen molar-refractivity contribution in [1.29, 1.82) is 0 Å². The molecule has 0 saturated heterocycles. The highest BCUT2D eigenvalue weighted by Gasteiger charge is 2.18. The van der Waals surface area contributed by atoms with Crippen molar-refractivity contribution < 1.29 is 10.2 Å². The predicted octanol–water partition coefficient (Wildman–Crippen LogP) is 0.819. The van der Waals surface area contributed by atoms with Gasteiger partial charge in [0.15, 0.2) is 0 Å². The number of rotatable bonds is 7. The predicted molar refractivity (Wildman–Crippen MR) is 77.3 cm³/mol. The Labute approximate surface area is 120 Å². The summed E-state index contributed by atoms with van der Waals surface area (Å²) in [5.41, 5.74) is 0.262. The summed E-state index contributed by atoms with van der Waals surface area (Å²) in [6, 6.07) is 0. The molecule has 1 rings (SSSR count). The van der Waals surface area contributed by atoms with Gasteiger partial charge in [0.2, 0.25) is 0 Å². The van der Waals surface area contributed by atoms with E-state index in [1.54, 1.807) is 6.20 Å². The van der Waals surface area contributed by atoms with Crippen LogP contribution in [-0.4, -0.2) is 39.8 Å². The van der Waals surface area contributed by atoms with Gasteiger partial charge in [0.1, 0.15) is 4.47 Å². The molecule has 3 N–H and O–H groups in total. The summed E-state index contributed by atoms with van der Waals surface area (Å²) >= 11 is 3.24. The lowest BCUT2D eigenvalue weighted by Crippen LogP contribution is -2.28. The Morgan fingerprint density at radius 1 is 1.42 bits per heavy atom. The van der Waals surface area contributed by atoms with Gasteiger partial charge in [0.05, 0.1) is 25.0 Å². The first-order chi connectivity index (χ1) is 8.91. The van der Waals surface area contributed by atoms with Gasteiger partial charge in [-0.2, -0.15) is 5.10 Å². The highest BCUT2D eigenvalue weighted by atomic mass is 79.9. The number of anilines is 1. The summed E-state index contributed by atoms with van der Waals surface area (Å²) in [4.78, 5) is 11.9. The Bertz CT molecular complexity index is 474. The minimum atomic E-state index is -0.279. The van der Waals surface area contributed by atoms with Crippen molar-refractivity contribution in [2.24, 2.45) is 5.41 Å². The molecule has 0 aliphatic heterocycles. The zero-order chi connectivity index (χ0) is 14.5. The molecule has 0 aliphatic carbocycles. The van der Waals surface area contributed by atoms with E-state index in [1.807, 2.05) is 13.8 Å². The SMILES string of the molecule is CC(C)(CCO)CNc1cnn(CCO)c(=O)c1Br. The molecule has 0 radical (unpaired) electrons. The third kappa shape index (κ3) is 4.59. The molecule has 0 unspecified atom stereocenters. The van der Waals surface area contributed by atoms with Gasteiger partial charge in [-0.15, -0.1) is 0 Å². The number of aromatic nitrogens is 2. The van der Waals surface area contributed by atoms with Crippen LogP contribution in [0.4, 0.5) is 5.69 Å². The molecule has 19 heavy (non-hydrogen) atoms. The van der Waals surface area contributed by atoms with Crippen LogP contribution in [0.3, 0.4) is 0 Å². The van der Waals surface area contributed by atoms with Gasteiger partial charge in [-0.05, 0) is 27.8 Å². The molecule has 1 aromatic heterocycles. The van der Waals surface area contributed by atoms with Crippen molar-refractivity contribution in [3.05, 3.63) is 21.0 Å². The van der Waals surface area contributed by atoms with Crippen molar-refractivity contribution in [2.75, 3.05) is 25.1 Å². The maximum atomic E-state index is 11.9. The standard InChI is InChI=1S/C12H20BrN3O3/c1-12(2,3-5-17)8-14-9-7-15-16(4-6-18)11(19)10(9)13/h7,14,17-18H,3-6,8H2,1-2H3. The molecule has 1 heterocycles. The zero-order valence-corrected chi connectivity index (χ0v) is 12.8. The minimum absolute atomic E-state index is 0.0752. The summed E-state index contributed by atoms with van der Waals surface area (Å²) in [6.07, 6.45) is 2.22. The lowest BCUT2D eigenvalue weighted by Gasteiger charge is -2.24. The Hall–Kier alpha value is -0.920. The first-order valence-corrected chi connectivity index (χ1v) is 6.92. The molecular weight excluding hydrogens is 314 g/mol. The number of aliphatic hydroxyl groups excluding tert-OH is 2. The van der Waals surface area contributed by atoms with Gasteiger partial charge in [-0.25, -0.2) is 4.68 Å². The van der Waals surface area contributed by atoms with Gasteiger partial charge in [0, 0.05) is 13.2 Å². The first kappa shape index (κ1) is 16.1. The van der Waals surface area contributed by atoms with Crippen molar-refractivity contribution in [3.8, 4) is 0 Å². The zero-order valence-electron chi connectivity index (χ0n) is 11.2. The lowest BCUT2D eigenvalue weighted by atomic mass is 9.90. The van der Waals surface area contributed by atoms with Gasteiger partial charge in [0.25, 0.3) is 5.56 Å². The summed E-state index contributed by atoms with van der Waals surface area (Å²) in [7, 11) is 0. The fourth-order valence-corrected chi connectivity index (χ4v) is 2.02. The van der Waals surface area contributed by atoms with Crippen molar-refractivity contribution in [2.45, 2.75) is 26.8 Å². The first-order valence-electron chi connectivity index (χ1n) is 6.12. The van der Waals surface area contributed by atoms with Crippen LogP contribution in [0.2, 0.25) is 0 Å². The fourth-order valence-electron chi connectivity index (χ4n) is 1.57. The van der Waals surface area contributed by atoms with Crippen LogP contribution in [0.5, 0.6) is 0 Å². The van der Waals surface area contributed by atoms with Crippen LogP contribution in [0, 0.1) is 5.41 Å². The molecular formula is C12H20BrN3O3. The highest BCUT2D eigenvalue weighted by Crippen LogP contribution is 2.22. The monoisotopic (exact) mass is 333 g/mol. The molecule has 0 spiro atoms. The van der Waals surface area contributed by atoms with E-state index in [2.05, 4.69) is 26.3 Å². The van der Waals surface area contributed by atoms with Gasteiger partial charge < -0.3 is 15.5 Å². The molecule has 0 amide bonds. The highest BCUT2D eigenvalue weighted by molar-refractivity contribution is 9.10. The smallest absolute Gasteiger partial charge is 0.283 e. The van der Waals surface area contributed by atoms with Gasteiger partial charge in [-0.3, -0.25) is 4.79 Å². The molecule has 0 fully saturated rings. The van der Waals surface area contributed by atoms with Crippen LogP contribution in [-0.2, 0) is 6.54 Å². The van der Waals surface area contributed by atoms with E-state index in [1.165, 1.54) is 4.68 Å². The quantitative estimate of drug-likeness (QED) is 0.687. The Balaban J connectivity index is 2.81. The van der Waals surface area contributed by atoms with E-state index >= 15 is 0 Å². The number of nitrogens with one attached hydrogen (secondary N) is 1. The average molecular weight is 334 g/mol. The minimum Gasteiger partial charge on any atom is -0.396 e. The Morgan fingerprint density at radius 3 is 2.68 bits per heavy atom. The van der Waals surface area contributed by atoms with E-state index in [4.69, 9.17) is 10.2 Å². The van der Waals surface area contributed by atoms with Crippen LogP contribution in [0.25, 0.3) is 0 Å². The molecule has 7 heteroatoms. The van der Waals surface area contributed by atoms with Crippen LogP contribution in [0.15, 0.2) is 15.5 Å². The largest absolute Gasteiger partial charge is 0.396 e. The molecule has 108 valence electrons. The third-order valence-corrected chi connectivity index (χ3v) is 3.61. The third-order valence-electron chi connectivity index (χ3n) is 2.84. The molecule has 0 atom stereocenters. The lowest BCUT2D eigenvalue weighted by molar-refractivity contribution is 0.220. The van der Waals surface area contributed by atoms with E-state index in [-0.39, 0.29) is 30.7 Å². The summed E-state index contributed by atoms with van der Waals surface area (Å²) in [5.74, 6) is 0. The summed E-state index contributed by atoms with van der Waals surface area (Å²) < 4.78 is 1.60. The fraction of sp³-hybridized carbons (Fsp3) is 0.667. The van der Waals surface area contributed by atoms with Crippen LogP contribution < -0.4 is 10.9 Å². The van der Waals surface area contributed by atoms with Crippen molar-refractivity contribution >= 4 is 21.6 Å². The molecule has 0 aromatic carbocycles. The Kier molecular flexibility index (Phi) is 5.96. The van der Waals surface area contributed by atoms with Gasteiger partial charge in [-0.1, -0.05) is 13.8 Å². The van der Waals surface area contributed by atoms with E-state index in [0.717, 1.165) is 0 Å². The number of hydrogen-bond acceptors (Lipinski definition) is 5. The number of nitrogens with zero attached hydrogens (tertiary/aromatic N) is 2. The topological polar surface area (TPSA) is 87.4 Å². The van der Waals surface area contributed by atoms with E-state index in [0.29, 0.717) is 23.1 Å². The second kappa shape index (κ2) is 7.02. The molecule has 0 saturated carbocycles. The maximum absolute atomic E-state index is 11.9. The molecule has 0 bridgehead atoms. The second-order valence-corrected chi connectivity index (χ2v) is 5.91. The molecule has 6 nitrogen and oxygen atoms in total. The number of aliphatic hydroxyl groups is 2. The van der Waals surface area contributed by atoms with Gasteiger partial charge >= 0.3 is 0 Å². The summed E-state index contributed by atoms with van der Waals surface area (Å²) in [6.45, 7) is 4.86. The second-order valence-electron chi connectivity index (χ2n) is 5.12. The molecule has 0 aliphatic rings. The molecule has 1 aromatic rings. The number of halogens is 1. The average Bonchev–Trinajstić information content (AvgIpc) is 2.34. The Morgan fingerprint density at radius 2 is 2.11 bits per heavy atom.